The predicted molar refractivity (Wildman–Crippen MR) is 69.0 cm³/mol. The first-order valence-electron chi connectivity index (χ1n) is 6.60. The molecule has 2 atom stereocenters. The van der Waals surface area contributed by atoms with Crippen molar-refractivity contribution in [3.05, 3.63) is 0 Å². The van der Waals surface area contributed by atoms with Crippen LogP contribution < -0.4 is 5.73 Å². The second-order valence-corrected chi connectivity index (χ2v) is 4.71. The summed E-state index contributed by atoms with van der Waals surface area (Å²) in [6.45, 7) is 13.6. The van der Waals surface area contributed by atoms with Gasteiger partial charge in [0.15, 0.2) is 0 Å². The maximum atomic E-state index is 5.72. The molecule has 0 saturated carbocycles. The molecule has 0 heterocycles. The second kappa shape index (κ2) is 9.17. The lowest BCUT2D eigenvalue weighted by atomic mass is 10.0. The number of hydrogen-bond acceptors (Lipinski definition) is 2. The van der Waals surface area contributed by atoms with E-state index in [9.17, 15) is 0 Å². The minimum Gasteiger partial charge on any atom is -0.330 e. The summed E-state index contributed by atoms with van der Waals surface area (Å²) in [6, 6.07) is 0. The van der Waals surface area contributed by atoms with Crippen LogP contribution in [0.3, 0.4) is 0 Å². The molecular formula is C13H30N2. The lowest BCUT2D eigenvalue weighted by molar-refractivity contribution is 0.228. The molecule has 0 saturated heterocycles. The van der Waals surface area contributed by atoms with Gasteiger partial charge < -0.3 is 10.6 Å². The van der Waals surface area contributed by atoms with E-state index in [-0.39, 0.29) is 0 Å². The zero-order chi connectivity index (χ0) is 11.7. The van der Waals surface area contributed by atoms with Gasteiger partial charge in [0.2, 0.25) is 0 Å². The number of hydrogen-bond donors (Lipinski definition) is 1. The molecule has 0 fully saturated rings. The molecule has 15 heavy (non-hydrogen) atoms. The molecule has 2 heteroatoms. The quantitative estimate of drug-likeness (QED) is 0.639. The third-order valence-corrected chi connectivity index (χ3v) is 3.48. The van der Waals surface area contributed by atoms with Gasteiger partial charge in [-0.25, -0.2) is 0 Å². The van der Waals surface area contributed by atoms with E-state index in [4.69, 9.17) is 5.73 Å². The summed E-state index contributed by atoms with van der Waals surface area (Å²) in [5, 5.41) is 0. The maximum absolute atomic E-state index is 5.72. The summed E-state index contributed by atoms with van der Waals surface area (Å²) in [5.41, 5.74) is 5.72. The fourth-order valence-electron chi connectivity index (χ4n) is 1.80. The first-order chi connectivity index (χ1) is 7.17. The zero-order valence-electron chi connectivity index (χ0n) is 11.1. The third kappa shape index (κ3) is 6.91. The summed E-state index contributed by atoms with van der Waals surface area (Å²) in [7, 11) is 0. The van der Waals surface area contributed by atoms with Crippen LogP contribution in [0.1, 0.15) is 47.0 Å². The Morgan fingerprint density at radius 1 is 1.13 bits per heavy atom. The molecule has 0 spiro atoms. The van der Waals surface area contributed by atoms with Crippen LogP contribution in [-0.4, -0.2) is 31.1 Å². The van der Waals surface area contributed by atoms with Gasteiger partial charge in [-0.2, -0.15) is 0 Å². The first kappa shape index (κ1) is 14.9. The Morgan fingerprint density at radius 3 is 2.20 bits per heavy atom. The number of nitrogens with zero attached hydrogens (tertiary/aromatic N) is 1. The van der Waals surface area contributed by atoms with Gasteiger partial charge in [0, 0.05) is 6.54 Å². The lowest BCUT2D eigenvalue weighted by Crippen LogP contribution is -2.31. The molecule has 2 N–H and O–H groups in total. The monoisotopic (exact) mass is 214 g/mol. The second-order valence-electron chi connectivity index (χ2n) is 4.71. The minimum atomic E-state index is 0.719. The van der Waals surface area contributed by atoms with Crippen molar-refractivity contribution in [1.29, 1.82) is 0 Å². The molecule has 0 aliphatic rings. The highest BCUT2D eigenvalue weighted by molar-refractivity contribution is 4.64. The van der Waals surface area contributed by atoms with E-state index in [2.05, 4.69) is 32.6 Å². The van der Waals surface area contributed by atoms with Crippen molar-refractivity contribution in [2.75, 3.05) is 26.2 Å². The van der Waals surface area contributed by atoms with Crippen molar-refractivity contribution in [3.63, 3.8) is 0 Å². The molecule has 0 radical (unpaired) electrons. The summed E-state index contributed by atoms with van der Waals surface area (Å²) < 4.78 is 0. The van der Waals surface area contributed by atoms with Crippen LogP contribution in [0.15, 0.2) is 0 Å². The van der Waals surface area contributed by atoms with Crippen LogP contribution in [0.25, 0.3) is 0 Å². The molecule has 0 aromatic heterocycles. The molecule has 0 rings (SSSR count). The highest BCUT2D eigenvalue weighted by atomic mass is 15.1. The summed E-state index contributed by atoms with van der Waals surface area (Å²) in [4.78, 5) is 2.56. The lowest BCUT2D eigenvalue weighted by Gasteiger charge is -2.25. The average Bonchev–Trinajstić information content (AvgIpc) is 2.28. The van der Waals surface area contributed by atoms with Crippen molar-refractivity contribution >= 4 is 0 Å². The van der Waals surface area contributed by atoms with Gasteiger partial charge in [0.25, 0.3) is 0 Å². The van der Waals surface area contributed by atoms with Crippen molar-refractivity contribution in [2.45, 2.75) is 47.0 Å². The highest BCUT2D eigenvalue weighted by Crippen LogP contribution is 2.10. The summed E-state index contributed by atoms with van der Waals surface area (Å²) >= 11 is 0. The first-order valence-corrected chi connectivity index (χ1v) is 6.60. The molecule has 0 amide bonds. The van der Waals surface area contributed by atoms with Crippen molar-refractivity contribution in [3.8, 4) is 0 Å². The molecule has 0 aromatic rings. The molecule has 0 aliphatic heterocycles. The predicted octanol–water partition coefficient (Wildman–Crippen LogP) is 2.73. The van der Waals surface area contributed by atoms with Crippen LogP contribution in [0.2, 0.25) is 0 Å². The van der Waals surface area contributed by atoms with Gasteiger partial charge in [-0.3, -0.25) is 0 Å². The zero-order valence-corrected chi connectivity index (χ0v) is 11.1. The molecule has 0 aromatic carbocycles. The average molecular weight is 214 g/mol. The normalized spacial score (nSPS) is 15.6. The number of nitrogens with two attached hydrogens (primary N) is 1. The molecule has 2 unspecified atom stereocenters. The van der Waals surface area contributed by atoms with E-state index in [1.54, 1.807) is 0 Å². The SMILES string of the molecule is CCC(C)CN(CC)CCC(CC)CN. The van der Waals surface area contributed by atoms with Crippen LogP contribution in [-0.2, 0) is 0 Å². The molecule has 92 valence electrons. The Balaban J connectivity index is 3.78. The Labute approximate surface area is 96.2 Å². The van der Waals surface area contributed by atoms with Gasteiger partial charge in [-0.05, 0) is 37.9 Å². The smallest absolute Gasteiger partial charge is 0.000680 e. The third-order valence-electron chi connectivity index (χ3n) is 3.48. The Morgan fingerprint density at radius 2 is 1.80 bits per heavy atom. The van der Waals surface area contributed by atoms with Gasteiger partial charge in [-0.15, -0.1) is 0 Å². The standard InChI is InChI=1S/C13H30N2/c1-5-12(4)11-15(7-3)9-8-13(6-2)10-14/h12-13H,5-11,14H2,1-4H3. The van der Waals surface area contributed by atoms with E-state index >= 15 is 0 Å². The van der Waals surface area contributed by atoms with Crippen molar-refractivity contribution in [2.24, 2.45) is 17.6 Å². The van der Waals surface area contributed by atoms with Crippen LogP contribution in [0, 0.1) is 11.8 Å². The Kier molecular flexibility index (Phi) is 9.12. The van der Waals surface area contributed by atoms with Crippen LogP contribution in [0.5, 0.6) is 0 Å². The largest absolute Gasteiger partial charge is 0.330 e. The van der Waals surface area contributed by atoms with Crippen molar-refractivity contribution < 1.29 is 0 Å². The fourth-order valence-corrected chi connectivity index (χ4v) is 1.80. The minimum absolute atomic E-state index is 0.719. The fraction of sp³-hybridized carbons (Fsp3) is 1.00. The van der Waals surface area contributed by atoms with Crippen molar-refractivity contribution in [1.82, 2.24) is 4.90 Å². The molecule has 0 bridgehead atoms. The highest BCUT2D eigenvalue weighted by Gasteiger charge is 2.09. The van der Waals surface area contributed by atoms with Gasteiger partial charge in [0.1, 0.15) is 0 Å². The van der Waals surface area contributed by atoms with E-state index in [0.717, 1.165) is 18.4 Å². The Hall–Kier alpha value is -0.0800. The number of rotatable bonds is 9. The van der Waals surface area contributed by atoms with Gasteiger partial charge in [0.05, 0.1) is 0 Å². The molecule has 0 aliphatic carbocycles. The van der Waals surface area contributed by atoms with E-state index in [0.29, 0.717) is 0 Å². The molecule has 2 nitrogen and oxygen atoms in total. The van der Waals surface area contributed by atoms with E-state index in [1.165, 1.54) is 38.9 Å². The van der Waals surface area contributed by atoms with E-state index in [1.807, 2.05) is 0 Å². The summed E-state index contributed by atoms with van der Waals surface area (Å²) in [6.07, 6.45) is 3.76. The van der Waals surface area contributed by atoms with E-state index < -0.39 is 0 Å². The van der Waals surface area contributed by atoms with Crippen LogP contribution in [0.4, 0.5) is 0 Å². The Bertz CT molecular complexity index is 132. The maximum Gasteiger partial charge on any atom is 0.000680 e. The van der Waals surface area contributed by atoms with Gasteiger partial charge in [-0.1, -0.05) is 40.5 Å². The summed E-state index contributed by atoms with van der Waals surface area (Å²) in [5.74, 6) is 1.54. The molecular weight excluding hydrogens is 184 g/mol. The topological polar surface area (TPSA) is 29.3 Å². The van der Waals surface area contributed by atoms with Gasteiger partial charge >= 0.3 is 0 Å². The van der Waals surface area contributed by atoms with Crippen LogP contribution >= 0.6 is 0 Å².